The Balaban J connectivity index is 2.38. The summed E-state index contributed by atoms with van der Waals surface area (Å²) in [5, 5.41) is 14.0. The van der Waals surface area contributed by atoms with E-state index < -0.39 is 4.92 Å². The zero-order valence-corrected chi connectivity index (χ0v) is 13.3. The summed E-state index contributed by atoms with van der Waals surface area (Å²) in [6.07, 6.45) is 9.55. The normalized spacial score (nSPS) is 10.4. The van der Waals surface area contributed by atoms with Crippen molar-refractivity contribution in [2.45, 2.75) is 25.7 Å². The summed E-state index contributed by atoms with van der Waals surface area (Å²) in [7, 11) is 0. The third-order valence-corrected chi connectivity index (χ3v) is 3.95. The SMILES string of the molecule is CSCCCCCCNc1c(Br)cncc1[N+](=O)[O-]. The van der Waals surface area contributed by atoms with Crippen molar-refractivity contribution < 1.29 is 4.92 Å². The minimum Gasteiger partial charge on any atom is -0.378 e. The highest BCUT2D eigenvalue weighted by Gasteiger charge is 2.16. The van der Waals surface area contributed by atoms with E-state index in [1.54, 1.807) is 6.20 Å². The number of anilines is 1. The zero-order chi connectivity index (χ0) is 14.1. The van der Waals surface area contributed by atoms with Crippen LogP contribution in [-0.2, 0) is 0 Å². The Morgan fingerprint density at radius 1 is 1.37 bits per heavy atom. The molecule has 1 N–H and O–H groups in total. The first-order valence-electron chi connectivity index (χ1n) is 6.17. The van der Waals surface area contributed by atoms with E-state index >= 15 is 0 Å². The van der Waals surface area contributed by atoms with Crippen molar-refractivity contribution in [2.75, 3.05) is 23.9 Å². The van der Waals surface area contributed by atoms with Crippen LogP contribution < -0.4 is 5.32 Å². The number of nitrogens with zero attached hydrogens (tertiary/aromatic N) is 2. The molecule has 0 aliphatic heterocycles. The fraction of sp³-hybridized carbons (Fsp3) is 0.583. The first-order valence-corrected chi connectivity index (χ1v) is 8.36. The third kappa shape index (κ3) is 5.78. The van der Waals surface area contributed by atoms with Crippen molar-refractivity contribution >= 4 is 39.1 Å². The Kier molecular flexibility index (Phi) is 7.81. The van der Waals surface area contributed by atoms with E-state index in [0.717, 1.165) is 19.4 Å². The number of aromatic nitrogens is 1. The number of halogens is 1. The van der Waals surface area contributed by atoms with Gasteiger partial charge in [0.05, 0.1) is 9.40 Å². The summed E-state index contributed by atoms with van der Waals surface area (Å²) in [5.74, 6) is 1.20. The average Bonchev–Trinajstić information content (AvgIpc) is 2.39. The largest absolute Gasteiger partial charge is 0.378 e. The van der Waals surface area contributed by atoms with Crippen molar-refractivity contribution in [1.29, 1.82) is 0 Å². The van der Waals surface area contributed by atoms with Gasteiger partial charge in [0, 0.05) is 12.7 Å². The van der Waals surface area contributed by atoms with Crippen LogP contribution >= 0.6 is 27.7 Å². The topological polar surface area (TPSA) is 68.1 Å². The third-order valence-electron chi connectivity index (χ3n) is 2.65. The smallest absolute Gasteiger partial charge is 0.311 e. The average molecular weight is 348 g/mol. The molecule has 0 unspecified atom stereocenters. The number of rotatable bonds is 9. The lowest BCUT2D eigenvalue weighted by Crippen LogP contribution is -2.05. The van der Waals surface area contributed by atoms with Gasteiger partial charge in [-0.3, -0.25) is 15.1 Å². The molecular weight excluding hydrogens is 330 g/mol. The second kappa shape index (κ2) is 9.14. The highest BCUT2D eigenvalue weighted by atomic mass is 79.9. The lowest BCUT2D eigenvalue weighted by molar-refractivity contribution is -0.384. The van der Waals surface area contributed by atoms with Crippen LogP contribution in [0.1, 0.15) is 25.7 Å². The summed E-state index contributed by atoms with van der Waals surface area (Å²) in [6.45, 7) is 0.739. The standard InChI is InChI=1S/C12H18BrN3O2S/c1-19-7-5-3-2-4-6-15-12-10(13)8-14-9-11(12)16(17)18/h8-9H,2-7H2,1H3,(H,14,15). The second-order valence-corrected chi connectivity index (χ2v) is 5.95. The van der Waals surface area contributed by atoms with Gasteiger partial charge in [0.2, 0.25) is 0 Å². The molecule has 19 heavy (non-hydrogen) atoms. The molecule has 5 nitrogen and oxygen atoms in total. The molecule has 0 aliphatic rings. The maximum atomic E-state index is 10.9. The first-order chi connectivity index (χ1) is 9.16. The number of unbranched alkanes of at least 4 members (excludes halogenated alkanes) is 3. The lowest BCUT2D eigenvalue weighted by atomic mass is 10.2. The molecule has 1 heterocycles. The van der Waals surface area contributed by atoms with Gasteiger partial charge in [0.25, 0.3) is 0 Å². The molecule has 0 spiro atoms. The maximum absolute atomic E-state index is 10.9. The Bertz CT molecular complexity index is 418. The summed E-state index contributed by atoms with van der Waals surface area (Å²) in [4.78, 5) is 14.3. The maximum Gasteiger partial charge on any atom is 0.311 e. The summed E-state index contributed by atoms with van der Waals surface area (Å²) in [6, 6.07) is 0. The molecule has 0 saturated carbocycles. The molecule has 0 radical (unpaired) electrons. The number of hydrogen-bond acceptors (Lipinski definition) is 5. The molecule has 0 bridgehead atoms. The van der Waals surface area contributed by atoms with Gasteiger partial charge in [-0.05, 0) is 40.8 Å². The molecule has 7 heteroatoms. The van der Waals surface area contributed by atoms with E-state index in [1.807, 2.05) is 11.8 Å². The molecule has 0 amide bonds. The van der Waals surface area contributed by atoms with Crippen LogP contribution in [0.15, 0.2) is 16.9 Å². The van der Waals surface area contributed by atoms with Crippen molar-refractivity contribution in [1.82, 2.24) is 4.98 Å². The Morgan fingerprint density at radius 3 is 2.79 bits per heavy atom. The van der Waals surface area contributed by atoms with E-state index in [0.29, 0.717) is 10.2 Å². The monoisotopic (exact) mass is 347 g/mol. The van der Waals surface area contributed by atoms with E-state index in [2.05, 4.69) is 32.5 Å². The van der Waals surface area contributed by atoms with E-state index in [1.165, 1.54) is 24.8 Å². The summed E-state index contributed by atoms with van der Waals surface area (Å²) < 4.78 is 0.629. The molecule has 0 aliphatic carbocycles. The minimum atomic E-state index is -0.418. The number of thioether (sulfide) groups is 1. The number of pyridine rings is 1. The highest BCUT2D eigenvalue weighted by molar-refractivity contribution is 9.10. The molecule has 0 atom stereocenters. The predicted octanol–water partition coefficient (Wildman–Crippen LogP) is 4.09. The van der Waals surface area contributed by atoms with Gasteiger partial charge in [0.1, 0.15) is 11.9 Å². The van der Waals surface area contributed by atoms with Crippen LogP contribution in [0.25, 0.3) is 0 Å². The zero-order valence-electron chi connectivity index (χ0n) is 10.9. The second-order valence-electron chi connectivity index (χ2n) is 4.11. The molecular formula is C12H18BrN3O2S. The van der Waals surface area contributed by atoms with Crippen molar-refractivity contribution in [3.63, 3.8) is 0 Å². The molecule has 0 fully saturated rings. The number of nitro groups is 1. The Morgan fingerprint density at radius 2 is 2.11 bits per heavy atom. The van der Waals surface area contributed by atoms with Crippen LogP contribution in [0.3, 0.4) is 0 Å². The van der Waals surface area contributed by atoms with Gasteiger partial charge in [-0.25, -0.2) is 0 Å². The van der Waals surface area contributed by atoms with Crippen LogP contribution in [-0.4, -0.2) is 28.5 Å². The van der Waals surface area contributed by atoms with E-state index in [4.69, 9.17) is 0 Å². The first kappa shape index (κ1) is 16.2. The van der Waals surface area contributed by atoms with Gasteiger partial charge >= 0.3 is 5.69 Å². The van der Waals surface area contributed by atoms with Crippen LogP contribution in [0.2, 0.25) is 0 Å². The van der Waals surface area contributed by atoms with Gasteiger partial charge in [-0.15, -0.1) is 0 Å². The quantitative estimate of drug-likeness (QED) is 0.414. The molecule has 1 rings (SSSR count). The van der Waals surface area contributed by atoms with Crippen LogP contribution in [0.5, 0.6) is 0 Å². The molecule has 1 aromatic rings. The Labute approximate surface area is 125 Å². The summed E-state index contributed by atoms with van der Waals surface area (Å²) >= 11 is 5.15. The Hall–Kier alpha value is -0.820. The van der Waals surface area contributed by atoms with Crippen molar-refractivity contribution in [3.8, 4) is 0 Å². The lowest BCUT2D eigenvalue weighted by Gasteiger charge is -2.08. The van der Waals surface area contributed by atoms with E-state index in [-0.39, 0.29) is 5.69 Å². The van der Waals surface area contributed by atoms with Gasteiger partial charge < -0.3 is 5.32 Å². The van der Waals surface area contributed by atoms with Gasteiger partial charge in [-0.2, -0.15) is 11.8 Å². The van der Waals surface area contributed by atoms with Gasteiger partial charge in [0.15, 0.2) is 0 Å². The van der Waals surface area contributed by atoms with Crippen molar-refractivity contribution in [2.24, 2.45) is 0 Å². The van der Waals surface area contributed by atoms with Gasteiger partial charge in [-0.1, -0.05) is 12.8 Å². The molecule has 0 saturated heterocycles. The number of nitrogens with one attached hydrogen (secondary N) is 1. The number of hydrogen-bond donors (Lipinski definition) is 1. The van der Waals surface area contributed by atoms with E-state index in [9.17, 15) is 10.1 Å². The molecule has 0 aromatic carbocycles. The summed E-state index contributed by atoms with van der Waals surface area (Å²) in [5.41, 5.74) is 0.529. The van der Waals surface area contributed by atoms with Crippen molar-refractivity contribution in [3.05, 3.63) is 27.0 Å². The van der Waals surface area contributed by atoms with Crippen LogP contribution in [0.4, 0.5) is 11.4 Å². The molecule has 1 aromatic heterocycles. The minimum absolute atomic E-state index is 0.0109. The fourth-order valence-electron chi connectivity index (χ4n) is 1.68. The molecule has 106 valence electrons. The van der Waals surface area contributed by atoms with Crippen LogP contribution in [0, 0.1) is 10.1 Å². The predicted molar refractivity (Wildman–Crippen MR) is 83.9 cm³/mol. The fourth-order valence-corrected chi connectivity index (χ4v) is 2.63. The highest BCUT2D eigenvalue weighted by Crippen LogP contribution is 2.30.